The third-order valence-corrected chi connectivity index (χ3v) is 6.01. The van der Waals surface area contributed by atoms with Crippen molar-refractivity contribution in [2.24, 2.45) is 0 Å². The first kappa shape index (κ1) is 23.9. The summed E-state index contributed by atoms with van der Waals surface area (Å²) in [6.07, 6.45) is 2.54. The van der Waals surface area contributed by atoms with E-state index in [1.807, 2.05) is 38.1 Å². The molecule has 1 amide bonds. The molecule has 1 N–H and O–H groups in total. The monoisotopic (exact) mass is 501 g/mol. The van der Waals surface area contributed by atoms with Gasteiger partial charge in [-0.05, 0) is 64.7 Å². The maximum Gasteiger partial charge on any atom is 0.295 e. The number of rotatable bonds is 9. The van der Waals surface area contributed by atoms with Gasteiger partial charge in [0.25, 0.3) is 11.7 Å². The summed E-state index contributed by atoms with van der Waals surface area (Å²) in [5.41, 5.74) is 1.27. The second kappa shape index (κ2) is 10.7. The third kappa shape index (κ3) is 4.83. The number of likely N-dealkylation sites (tertiary alicyclic amines) is 1. The molecule has 3 rings (SSSR count). The fourth-order valence-electron chi connectivity index (χ4n) is 3.72. The Morgan fingerprint density at radius 2 is 1.81 bits per heavy atom. The van der Waals surface area contributed by atoms with Crippen LogP contribution in [0.25, 0.3) is 5.76 Å². The topological polar surface area (TPSA) is 76.1 Å². The minimum atomic E-state index is -0.679. The number of amides is 1. The summed E-state index contributed by atoms with van der Waals surface area (Å²) in [5.74, 6) is -0.155. The fourth-order valence-corrected chi connectivity index (χ4v) is 4.26. The average Bonchev–Trinajstić information content (AvgIpc) is 3.06. The first-order chi connectivity index (χ1) is 15.4. The van der Waals surface area contributed by atoms with Crippen LogP contribution in [0.3, 0.4) is 0 Å². The molecule has 0 saturated carbocycles. The maximum atomic E-state index is 13.0. The van der Waals surface area contributed by atoms with Crippen molar-refractivity contribution in [3.63, 3.8) is 0 Å². The molecular weight excluding hydrogens is 474 g/mol. The highest BCUT2D eigenvalue weighted by atomic mass is 79.9. The van der Waals surface area contributed by atoms with Crippen molar-refractivity contribution in [1.29, 1.82) is 0 Å². The quantitative estimate of drug-likeness (QED) is 0.280. The Hall–Kier alpha value is -2.80. The van der Waals surface area contributed by atoms with Gasteiger partial charge in [0.2, 0.25) is 0 Å². The second-order valence-corrected chi connectivity index (χ2v) is 8.47. The largest absolute Gasteiger partial charge is 0.507 e. The summed E-state index contributed by atoms with van der Waals surface area (Å²) in [4.78, 5) is 27.5. The molecule has 1 atom stereocenters. The van der Waals surface area contributed by atoms with E-state index in [1.54, 1.807) is 30.2 Å². The van der Waals surface area contributed by atoms with Crippen LogP contribution in [-0.4, -0.2) is 42.0 Å². The summed E-state index contributed by atoms with van der Waals surface area (Å²) in [5, 5.41) is 11.1. The lowest BCUT2D eigenvalue weighted by atomic mass is 9.95. The Balaban J connectivity index is 2.09. The van der Waals surface area contributed by atoms with Crippen molar-refractivity contribution in [2.45, 2.75) is 39.2 Å². The van der Waals surface area contributed by atoms with Gasteiger partial charge in [-0.25, -0.2) is 0 Å². The van der Waals surface area contributed by atoms with Crippen molar-refractivity contribution in [2.75, 3.05) is 20.3 Å². The zero-order chi connectivity index (χ0) is 23.3. The summed E-state index contributed by atoms with van der Waals surface area (Å²) in [6, 6.07) is 11.7. The molecule has 170 valence electrons. The van der Waals surface area contributed by atoms with E-state index >= 15 is 0 Å². The van der Waals surface area contributed by atoms with E-state index in [9.17, 15) is 14.7 Å². The van der Waals surface area contributed by atoms with E-state index in [-0.39, 0.29) is 11.3 Å². The van der Waals surface area contributed by atoms with E-state index in [0.717, 1.165) is 30.6 Å². The summed E-state index contributed by atoms with van der Waals surface area (Å²) < 4.78 is 11.5. The Bertz CT molecular complexity index is 1020. The highest BCUT2D eigenvalue weighted by molar-refractivity contribution is 9.10. The number of methoxy groups -OCH3 is 1. The standard InChI is InChI=1S/C25H28BrNO5/c1-4-6-13-27-22(16-7-10-18(11-8-16)32-14-5-2)21(24(29)25(27)30)23(28)17-9-12-20(31-3)19(26)15-17/h7-12,15,22,28H,4-6,13-14H2,1-3H3/b23-21-. The van der Waals surface area contributed by atoms with Gasteiger partial charge in [-0.1, -0.05) is 32.4 Å². The van der Waals surface area contributed by atoms with Crippen molar-refractivity contribution in [1.82, 2.24) is 4.90 Å². The van der Waals surface area contributed by atoms with Gasteiger partial charge in [-0.3, -0.25) is 9.59 Å². The molecule has 0 aromatic heterocycles. The van der Waals surface area contributed by atoms with Crippen molar-refractivity contribution >= 4 is 33.4 Å². The average molecular weight is 502 g/mol. The minimum absolute atomic E-state index is 0.0883. The van der Waals surface area contributed by atoms with Crippen LogP contribution in [0, 0.1) is 0 Å². The number of aliphatic hydroxyl groups excluding tert-OH is 1. The number of aliphatic hydroxyl groups is 1. The molecule has 1 saturated heterocycles. The van der Waals surface area contributed by atoms with Gasteiger partial charge in [0.15, 0.2) is 0 Å². The highest BCUT2D eigenvalue weighted by Crippen LogP contribution is 2.40. The minimum Gasteiger partial charge on any atom is -0.507 e. The molecular formula is C25H28BrNO5. The van der Waals surface area contributed by atoms with Crippen molar-refractivity contribution < 1.29 is 24.2 Å². The summed E-state index contributed by atoms with van der Waals surface area (Å²) in [6.45, 7) is 5.11. The molecule has 1 fully saturated rings. The van der Waals surface area contributed by atoms with Gasteiger partial charge < -0.3 is 19.5 Å². The number of carbonyl (C=O) groups is 2. The van der Waals surface area contributed by atoms with Crippen molar-refractivity contribution in [3.8, 4) is 11.5 Å². The summed E-state index contributed by atoms with van der Waals surface area (Å²) in [7, 11) is 1.55. The van der Waals surface area contributed by atoms with E-state index in [0.29, 0.717) is 28.9 Å². The van der Waals surface area contributed by atoms with Gasteiger partial charge in [0.05, 0.1) is 29.8 Å². The van der Waals surface area contributed by atoms with Crippen LogP contribution in [0.2, 0.25) is 0 Å². The molecule has 0 radical (unpaired) electrons. The molecule has 6 nitrogen and oxygen atoms in total. The van der Waals surface area contributed by atoms with Crippen LogP contribution in [-0.2, 0) is 9.59 Å². The molecule has 0 bridgehead atoms. The lowest BCUT2D eigenvalue weighted by molar-refractivity contribution is -0.139. The van der Waals surface area contributed by atoms with Crippen molar-refractivity contribution in [3.05, 3.63) is 63.6 Å². The van der Waals surface area contributed by atoms with Gasteiger partial charge in [-0.15, -0.1) is 0 Å². The Morgan fingerprint density at radius 3 is 2.41 bits per heavy atom. The van der Waals surface area contributed by atoms with E-state index in [1.165, 1.54) is 0 Å². The third-order valence-electron chi connectivity index (χ3n) is 5.39. The van der Waals surface area contributed by atoms with Gasteiger partial charge in [-0.2, -0.15) is 0 Å². The predicted molar refractivity (Wildman–Crippen MR) is 127 cm³/mol. The van der Waals surface area contributed by atoms with Crippen LogP contribution >= 0.6 is 15.9 Å². The Morgan fingerprint density at radius 1 is 1.09 bits per heavy atom. The molecule has 1 heterocycles. The lowest BCUT2D eigenvalue weighted by Crippen LogP contribution is -2.30. The predicted octanol–water partition coefficient (Wildman–Crippen LogP) is 5.47. The molecule has 0 spiro atoms. The highest BCUT2D eigenvalue weighted by Gasteiger charge is 2.45. The number of ether oxygens (including phenoxy) is 2. The SMILES string of the molecule is CCCCN1C(=O)C(=O)/C(=C(\O)c2ccc(OC)c(Br)c2)C1c1ccc(OCCC)cc1. The molecule has 2 aromatic rings. The molecule has 7 heteroatoms. The number of carbonyl (C=O) groups excluding carboxylic acids is 2. The zero-order valence-corrected chi connectivity index (χ0v) is 20.1. The fraction of sp³-hybridized carbons (Fsp3) is 0.360. The first-order valence-electron chi connectivity index (χ1n) is 10.8. The van der Waals surface area contributed by atoms with Crippen LogP contribution in [0.15, 0.2) is 52.5 Å². The number of unbranched alkanes of at least 4 members (excludes halogenated alkanes) is 1. The lowest BCUT2D eigenvalue weighted by Gasteiger charge is -2.25. The Labute approximate surface area is 197 Å². The molecule has 1 aliphatic heterocycles. The van der Waals surface area contributed by atoms with E-state index < -0.39 is 17.7 Å². The molecule has 1 unspecified atom stereocenters. The number of Topliss-reactive ketones (excluding diaryl/α,β-unsaturated/α-hetero) is 1. The maximum absolute atomic E-state index is 13.0. The van der Waals surface area contributed by atoms with Crippen LogP contribution in [0.4, 0.5) is 0 Å². The van der Waals surface area contributed by atoms with Gasteiger partial charge in [0, 0.05) is 12.1 Å². The van der Waals surface area contributed by atoms with Crippen LogP contribution < -0.4 is 9.47 Å². The first-order valence-corrected chi connectivity index (χ1v) is 11.6. The number of nitrogens with zero attached hydrogens (tertiary/aromatic N) is 1. The molecule has 0 aliphatic carbocycles. The molecule has 2 aromatic carbocycles. The molecule has 32 heavy (non-hydrogen) atoms. The molecule has 1 aliphatic rings. The number of ketones is 1. The van der Waals surface area contributed by atoms with Gasteiger partial charge in [0.1, 0.15) is 17.3 Å². The van der Waals surface area contributed by atoms with E-state index in [2.05, 4.69) is 15.9 Å². The number of halogens is 1. The smallest absolute Gasteiger partial charge is 0.295 e. The number of hydrogen-bond donors (Lipinski definition) is 1. The Kier molecular flexibility index (Phi) is 7.96. The number of hydrogen-bond acceptors (Lipinski definition) is 5. The summed E-state index contributed by atoms with van der Waals surface area (Å²) >= 11 is 3.41. The second-order valence-electron chi connectivity index (χ2n) is 7.61. The van der Waals surface area contributed by atoms with Crippen LogP contribution in [0.1, 0.15) is 50.3 Å². The number of benzene rings is 2. The normalized spacial score (nSPS) is 17.6. The van der Waals surface area contributed by atoms with E-state index in [4.69, 9.17) is 9.47 Å². The van der Waals surface area contributed by atoms with Gasteiger partial charge >= 0.3 is 0 Å². The zero-order valence-electron chi connectivity index (χ0n) is 18.6. The van der Waals surface area contributed by atoms with Crippen LogP contribution in [0.5, 0.6) is 11.5 Å².